The molecule has 0 aliphatic rings. The minimum absolute atomic E-state index is 0.0742. The quantitative estimate of drug-likeness (QED) is 0.502. The largest absolute Gasteiger partial charge is 0.478 e. The molecule has 1 heterocycles. The van der Waals surface area contributed by atoms with Crippen LogP contribution in [0.4, 0.5) is 26.3 Å². The molecule has 32 heavy (non-hydrogen) atoms. The molecule has 2 aromatic carbocycles. The van der Waals surface area contributed by atoms with E-state index in [1.165, 1.54) is 28.8 Å². The predicted molar refractivity (Wildman–Crippen MR) is 102 cm³/mol. The number of benzene rings is 2. The lowest BCUT2D eigenvalue weighted by molar-refractivity contribution is -0.156. The van der Waals surface area contributed by atoms with Gasteiger partial charge in [-0.1, -0.05) is 12.1 Å². The minimum atomic E-state index is -5.07. The van der Waals surface area contributed by atoms with Crippen LogP contribution in [0.3, 0.4) is 0 Å². The minimum Gasteiger partial charge on any atom is -0.478 e. The fraction of sp³-hybridized carbons (Fsp3) is 0.238. The first-order chi connectivity index (χ1) is 14.8. The summed E-state index contributed by atoms with van der Waals surface area (Å²) in [6.45, 7) is 1.81. The molecule has 0 aliphatic carbocycles. The number of carboxylic acids is 1. The molecule has 2 N–H and O–H groups in total. The van der Waals surface area contributed by atoms with Crippen molar-refractivity contribution in [1.29, 1.82) is 0 Å². The molecule has 0 aliphatic heterocycles. The highest BCUT2D eigenvalue weighted by Crippen LogP contribution is 2.36. The smallest absolute Gasteiger partial charge is 0.416 e. The maximum atomic E-state index is 13.7. The van der Waals surface area contributed by atoms with Gasteiger partial charge in [0.15, 0.2) is 6.04 Å². The van der Waals surface area contributed by atoms with Gasteiger partial charge in [-0.3, -0.25) is 4.79 Å². The number of nitrogens with one attached hydrogen (secondary N) is 1. The number of amides is 1. The molecule has 1 atom stereocenters. The fourth-order valence-corrected chi connectivity index (χ4v) is 3.39. The van der Waals surface area contributed by atoms with E-state index >= 15 is 0 Å². The molecule has 1 aromatic heterocycles. The number of rotatable bonds is 5. The Hall–Kier alpha value is -3.50. The lowest BCUT2D eigenvalue weighted by Gasteiger charge is -2.23. The van der Waals surface area contributed by atoms with Gasteiger partial charge in [-0.25, -0.2) is 4.79 Å². The highest BCUT2D eigenvalue weighted by molar-refractivity contribution is 6.01. The normalized spacial score (nSPS) is 13.2. The number of carboxylic acid groups (broad SMARTS) is 1. The van der Waals surface area contributed by atoms with E-state index in [2.05, 4.69) is 0 Å². The zero-order valence-electron chi connectivity index (χ0n) is 16.4. The molecule has 0 fully saturated rings. The summed E-state index contributed by atoms with van der Waals surface area (Å²) in [6.07, 6.45) is -9.92. The van der Waals surface area contributed by atoms with E-state index in [-0.39, 0.29) is 17.8 Å². The SMILES string of the molecule is CCn1c(C(=O)NC(c2cccc(C(F)(F)F)c2)C(F)(F)F)cc2cc(C(=O)O)ccc21. The number of alkyl halides is 6. The Kier molecular flexibility index (Phi) is 5.94. The van der Waals surface area contributed by atoms with Gasteiger partial charge < -0.3 is 15.0 Å². The summed E-state index contributed by atoms with van der Waals surface area (Å²) in [5, 5.41) is 11.2. The number of aryl methyl sites for hydroxylation is 1. The number of aromatic carboxylic acids is 1. The Morgan fingerprint density at radius 3 is 2.28 bits per heavy atom. The van der Waals surface area contributed by atoms with Crippen LogP contribution in [0, 0.1) is 0 Å². The first-order valence-electron chi connectivity index (χ1n) is 9.24. The molecular formula is C21H16F6N2O3. The topological polar surface area (TPSA) is 71.3 Å². The van der Waals surface area contributed by atoms with E-state index in [1.54, 1.807) is 12.2 Å². The van der Waals surface area contributed by atoms with Gasteiger partial charge in [0.1, 0.15) is 5.69 Å². The van der Waals surface area contributed by atoms with Gasteiger partial charge in [0.25, 0.3) is 5.91 Å². The van der Waals surface area contributed by atoms with E-state index in [4.69, 9.17) is 5.11 Å². The van der Waals surface area contributed by atoms with Crippen molar-refractivity contribution in [2.45, 2.75) is 31.9 Å². The van der Waals surface area contributed by atoms with E-state index in [1.807, 2.05) is 0 Å². The molecule has 0 bridgehead atoms. The Balaban J connectivity index is 2.02. The number of aromatic nitrogens is 1. The Labute approximate surface area is 177 Å². The third kappa shape index (κ3) is 4.56. The Bertz CT molecular complexity index is 1180. The van der Waals surface area contributed by atoms with Gasteiger partial charge in [0, 0.05) is 17.4 Å². The highest BCUT2D eigenvalue weighted by Gasteiger charge is 2.43. The van der Waals surface area contributed by atoms with Gasteiger partial charge >= 0.3 is 18.3 Å². The van der Waals surface area contributed by atoms with Crippen LogP contribution in [0.25, 0.3) is 10.9 Å². The van der Waals surface area contributed by atoms with Crippen LogP contribution >= 0.6 is 0 Å². The second kappa shape index (κ2) is 8.21. The van der Waals surface area contributed by atoms with Crippen molar-refractivity contribution in [2.24, 2.45) is 0 Å². The molecule has 3 rings (SSSR count). The third-order valence-electron chi connectivity index (χ3n) is 4.85. The molecule has 1 amide bonds. The monoisotopic (exact) mass is 458 g/mol. The molecular weight excluding hydrogens is 442 g/mol. The summed E-state index contributed by atoms with van der Waals surface area (Å²) in [5.74, 6) is -2.39. The van der Waals surface area contributed by atoms with Crippen LogP contribution in [0.1, 0.15) is 44.9 Å². The van der Waals surface area contributed by atoms with Crippen LogP contribution < -0.4 is 5.32 Å². The Morgan fingerprint density at radius 2 is 1.72 bits per heavy atom. The molecule has 3 aromatic rings. The molecule has 1 unspecified atom stereocenters. The average Bonchev–Trinajstić information content (AvgIpc) is 3.08. The van der Waals surface area contributed by atoms with Gasteiger partial charge in [-0.05, 0) is 48.9 Å². The summed E-state index contributed by atoms with van der Waals surface area (Å²) < 4.78 is 81.2. The zero-order valence-corrected chi connectivity index (χ0v) is 16.4. The summed E-state index contributed by atoms with van der Waals surface area (Å²) in [6, 6.07) is 5.19. The first-order valence-corrected chi connectivity index (χ1v) is 9.24. The number of hydrogen-bond acceptors (Lipinski definition) is 2. The standard InChI is InChI=1S/C21H16F6N2O3/c1-2-29-15-7-6-12(19(31)32)8-13(15)10-16(29)18(30)28-17(21(25,26)27)11-4-3-5-14(9-11)20(22,23)24/h3-10,17H,2H2,1H3,(H,28,30)(H,31,32). The molecule has 0 radical (unpaired) electrons. The first kappa shape index (κ1) is 23.2. The predicted octanol–water partition coefficient (Wildman–Crippen LogP) is 5.41. The molecule has 11 heteroatoms. The molecule has 0 spiro atoms. The second-order valence-corrected chi connectivity index (χ2v) is 6.92. The number of carbonyl (C=O) groups is 2. The van der Waals surface area contributed by atoms with E-state index in [0.717, 1.165) is 12.1 Å². The molecule has 5 nitrogen and oxygen atoms in total. The summed E-state index contributed by atoms with van der Waals surface area (Å²) >= 11 is 0. The summed E-state index contributed by atoms with van der Waals surface area (Å²) in [5.41, 5.74) is -1.89. The van der Waals surface area contributed by atoms with Crippen molar-refractivity contribution >= 4 is 22.8 Å². The number of hydrogen-bond donors (Lipinski definition) is 2. The zero-order chi connectivity index (χ0) is 23.8. The van der Waals surface area contributed by atoms with Gasteiger partial charge in [-0.2, -0.15) is 26.3 Å². The Morgan fingerprint density at radius 1 is 1.03 bits per heavy atom. The fourth-order valence-electron chi connectivity index (χ4n) is 3.39. The van der Waals surface area contributed by atoms with Crippen LogP contribution in [-0.2, 0) is 12.7 Å². The van der Waals surface area contributed by atoms with E-state index < -0.39 is 41.4 Å². The van der Waals surface area contributed by atoms with Crippen LogP contribution in [0.5, 0.6) is 0 Å². The van der Waals surface area contributed by atoms with Crippen molar-refractivity contribution in [3.8, 4) is 0 Å². The van der Waals surface area contributed by atoms with Crippen LogP contribution in [-0.4, -0.2) is 27.7 Å². The molecule has 170 valence electrons. The number of nitrogens with zero attached hydrogens (tertiary/aromatic N) is 1. The second-order valence-electron chi connectivity index (χ2n) is 6.92. The number of carbonyl (C=O) groups excluding carboxylic acids is 1. The summed E-state index contributed by atoms with van der Waals surface area (Å²) in [7, 11) is 0. The van der Waals surface area contributed by atoms with Crippen molar-refractivity contribution in [1.82, 2.24) is 9.88 Å². The van der Waals surface area contributed by atoms with Gasteiger partial charge in [0.05, 0.1) is 11.1 Å². The van der Waals surface area contributed by atoms with Gasteiger partial charge in [0.2, 0.25) is 0 Å². The van der Waals surface area contributed by atoms with Crippen LogP contribution in [0.2, 0.25) is 0 Å². The maximum absolute atomic E-state index is 13.7. The van der Waals surface area contributed by atoms with Gasteiger partial charge in [-0.15, -0.1) is 0 Å². The van der Waals surface area contributed by atoms with Crippen LogP contribution in [0.15, 0.2) is 48.5 Å². The molecule has 0 saturated heterocycles. The van der Waals surface area contributed by atoms with Crippen molar-refractivity contribution < 1.29 is 41.0 Å². The number of halogens is 6. The lowest BCUT2D eigenvalue weighted by Crippen LogP contribution is -2.39. The average molecular weight is 458 g/mol. The van der Waals surface area contributed by atoms with Crippen molar-refractivity contribution in [2.75, 3.05) is 0 Å². The highest BCUT2D eigenvalue weighted by atomic mass is 19.4. The molecule has 0 saturated carbocycles. The van der Waals surface area contributed by atoms with Crippen molar-refractivity contribution in [3.05, 3.63) is 70.9 Å². The third-order valence-corrected chi connectivity index (χ3v) is 4.85. The summed E-state index contributed by atoms with van der Waals surface area (Å²) in [4.78, 5) is 23.9. The van der Waals surface area contributed by atoms with Crippen molar-refractivity contribution in [3.63, 3.8) is 0 Å². The number of fused-ring (bicyclic) bond motifs is 1. The van der Waals surface area contributed by atoms with E-state index in [0.29, 0.717) is 23.0 Å². The lowest BCUT2D eigenvalue weighted by atomic mass is 10.0. The maximum Gasteiger partial charge on any atom is 0.416 e. The van der Waals surface area contributed by atoms with E-state index in [9.17, 15) is 35.9 Å².